The van der Waals surface area contributed by atoms with E-state index in [9.17, 15) is 4.79 Å². The van der Waals surface area contributed by atoms with Gasteiger partial charge in [-0.3, -0.25) is 9.20 Å². The number of imidazole rings is 1. The zero-order valence-electron chi connectivity index (χ0n) is 17.9. The second kappa shape index (κ2) is 8.40. The van der Waals surface area contributed by atoms with Gasteiger partial charge in [-0.15, -0.1) is 11.3 Å². The number of carbonyl (C=O) groups excluding carboxylic acids is 1. The van der Waals surface area contributed by atoms with Crippen LogP contribution in [-0.2, 0) is 11.2 Å². The minimum atomic E-state index is -0.119. The van der Waals surface area contributed by atoms with Crippen LogP contribution in [0.4, 0.5) is 5.82 Å². The van der Waals surface area contributed by atoms with Crippen LogP contribution < -0.4 is 5.32 Å². The topological polar surface area (TPSA) is 59.3 Å². The molecule has 0 bridgehead atoms. The molecule has 0 aliphatic carbocycles. The van der Waals surface area contributed by atoms with Crippen LogP contribution in [0.25, 0.3) is 27.5 Å². The normalized spacial score (nSPS) is 11.1. The van der Waals surface area contributed by atoms with E-state index in [0.29, 0.717) is 5.82 Å². The number of fused-ring (bicyclic) bond motifs is 1. The molecule has 3 aromatic heterocycles. The van der Waals surface area contributed by atoms with E-state index in [1.807, 2.05) is 77.5 Å². The number of aryl methyl sites for hydroxylation is 2. The predicted molar refractivity (Wildman–Crippen MR) is 130 cm³/mol. The number of anilines is 1. The number of hydrogen-bond donors (Lipinski definition) is 1. The van der Waals surface area contributed by atoms with Crippen molar-refractivity contribution in [2.75, 3.05) is 5.32 Å². The number of rotatable bonds is 5. The third-order valence-electron chi connectivity index (χ3n) is 5.31. The second-order valence-corrected chi connectivity index (χ2v) is 8.66. The lowest BCUT2D eigenvalue weighted by molar-refractivity contribution is -0.115. The summed E-state index contributed by atoms with van der Waals surface area (Å²) >= 11 is 1.56. The Kier molecular flexibility index (Phi) is 5.29. The van der Waals surface area contributed by atoms with E-state index in [-0.39, 0.29) is 12.3 Å². The Morgan fingerprint density at radius 2 is 1.78 bits per heavy atom. The Balaban J connectivity index is 1.44. The van der Waals surface area contributed by atoms with E-state index < -0.39 is 0 Å². The maximum atomic E-state index is 13.0. The van der Waals surface area contributed by atoms with Crippen LogP contribution in [-0.4, -0.2) is 20.3 Å². The van der Waals surface area contributed by atoms with Crippen molar-refractivity contribution in [1.82, 2.24) is 14.4 Å². The maximum absolute atomic E-state index is 13.0. The highest BCUT2D eigenvalue weighted by atomic mass is 32.1. The van der Waals surface area contributed by atoms with Crippen molar-refractivity contribution in [3.8, 4) is 21.8 Å². The molecule has 0 aliphatic heterocycles. The van der Waals surface area contributed by atoms with Crippen LogP contribution in [0.2, 0.25) is 0 Å². The van der Waals surface area contributed by atoms with E-state index in [1.165, 1.54) is 5.56 Å². The van der Waals surface area contributed by atoms with Gasteiger partial charge in [-0.05, 0) is 31.5 Å². The number of aromatic nitrogens is 3. The van der Waals surface area contributed by atoms with E-state index in [4.69, 9.17) is 4.98 Å². The predicted octanol–water partition coefficient (Wildman–Crippen LogP) is 5.92. The van der Waals surface area contributed by atoms with Gasteiger partial charge >= 0.3 is 0 Å². The fraction of sp³-hybridized carbons (Fsp3) is 0.115. The highest BCUT2D eigenvalue weighted by Gasteiger charge is 2.18. The molecule has 5 aromatic rings. The maximum Gasteiger partial charge on any atom is 0.231 e. The summed E-state index contributed by atoms with van der Waals surface area (Å²) in [7, 11) is 0. The Labute approximate surface area is 190 Å². The summed E-state index contributed by atoms with van der Waals surface area (Å²) in [5, 5.41) is 5.97. The van der Waals surface area contributed by atoms with E-state index in [1.54, 1.807) is 11.3 Å². The van der Waals surface area contributed by atoms with Crippen molar-refractivity contribution in [2.45, 2.75) is 20.3 Å². The number of thiazole rings is 1. The molecule has 1 amide bonds. The zero-order valence-corrected chi connectivity index (χ0v) is 18.7. The standard InChI is InChI=1S/C26H22N4OS/c1-17-8-6-12-20(14-17)26-27-21(16-32-26)15-22(31)28-25-23(19-10-4-3-5-11-19)29-24-18(2)9-7-13-30(24)25/h3-14,16H,15H2,1-2H3,(H,28,31). The molecule has 0 aliphatic rings. The minimum Gasteiger partial charge on any atom is -0.310 e. The molecule has 0 saturated carbocycles. The SMILES string of the molecule is Cc1cccc(-c2nc(CC(=O)Nc3c(-c4ccccc4)nc4c(C)cccn34)cs2)c1. The lowest BCUT2D eigenvalue weighted by Crippen LogP contribution is -2.16. The molecule has 158 valence electrons. The largest absolute Gasteiger partial charge is 0.310 e. The number of hydrogen-bond acceptors (Lipinski definition) is 4. The first kappa shape index (κ1) is 20.2. The van der Waals surface area contributed by atoms with Gasteiger partial charge in [-0.25, -0.2) is 9.97 Å². The monoisotopic (exact) mass is 438 g/mol. The summed E-state index contributed by atoms with van der Waals surface area (Å²) in [4.78, 5) is 22.5. The molecule has 0 unspecified atom stereocenters. The van der Waals surface area contributed by atoms with Crippen molar-refractivity contribution >= 4 is 28.7 Å². The Morgan fingerprint density at radius 1 is 0.969 bits per heavy atom. The summed E-state index contributed by atoms with van der Waals surface area (Å²) in [6.07, 6.45) is 2.13. The van der Waals surface area contributed by atoms with Crippen LogP contribution in [0.15, 0.2) is 78.3 Å². The molecule has 5 rings (SSSR count). The van der Waals surface area contributed by atoms with E-state index >= 15 is 0 Å². The second-order valence-electron chi connectivity index (χ2n) is 7.80. The lowest BCUT2D eigenvalue weighted by atomic mass is 10.1. The highest BCUT2D eigenvalue weighted by Crippen LogP contribution is 2.30. The average molecular weight is 439 g/mol. The van der Waals surface area contributed by atoms with Crippen molar-refractivity contribution in [1.29, 1.82) is 0 Å². The van der Waals surface area contributed by atoms with Gasteiger partial charge in [0, 0.05) is 22.7 Å². The van der Waals surface area contributed by atoms with Gasteiger partial charge in [0.1, 0.15) is 22.2 Å². The van der Waals surface area contributed by atoms with Crippen LogP contribution in [0.1, 0.15) is 16.8 Å². The molecule has 0 fully saturated rings. The van der Waals surface area contributed by atoms with E-state index in [0.717, 1.165) is 38.7 Å². The molecule has 0 atom stereocenters. The van der Waals surface area contributed by atoms with Gasteiger partial charge < -0.3 is 5.32 Å². The smallest absolute Gasteiger partial charge is 0.231 e. The first-order valence-electron chi connectivity index (χ1n) is 10.4. The molecule has 0 spiro atoms. The van der Waals surface area contributed by atoms with Gasteiger partial charge in [0.15, 0.2) is 0 Å². The van der Waals surface area contributed by atoms with Crippen LogP contribution in [0.5, 0.6) is 0 Å². The molecule has 3 heterocycles. The van der Waals surface area contributed by atoms with Crippen molar-refractivity contribution in [3.05, 3.63) is 95.1 Å². The molecular formula is C26H22N4OS. The Bertz CT molecular complexity index is 1420. The third kappa shape index (κ3) is 3.92. The zero-order chi connectivity index (χ0) is 22.1. The molecule has 1 N–H and O–H groups in total. The quantitative estimate of drug-likeness (QED) is 0.370. The number of nitrogens with zero attached hydrogens (tertiary/aromatic N) is 3. The highest BCUT2D eigenvalue weighted by molar-refractivity contribution is 7.13. The summed E-state index contributed by atoms with van der Waals surface area (Å²) in [6.45, 7) is 4.08. The van der Waals surface area contributed by atoms with Gasteiger partial charge in [-0.2, -0.15) is 0 Å². The number of amides is 1. The van der Waals surface area contributed by atoms with Crippen LogP contribution in [0, 0.1) is 13.8 Å². The molecule has 0 radical (unpaired) electrons. The van der Waals surface area contributed by atoms with Gasteiger partial charge in [0.25, 0.3) is 0 Å². The molecule has 6 heteroatoms. The van der Waals surface area contributed by atoms with Gasteiger partial charge in [0.2, 0.25) is 5.91 Å². The summed E-state index contributed by atoms with van der Waals surface area (Å²) in [5.74, 6) is 0.556. The number of pyridine rings is 1. The Hall–Kier alpha value is -3.77. The van der Waals surface area contributed by atoms with Crippen molar-refractivity contribution in [2.24, 2.45) is 0 Å². The van der Waals surface area contributed by atoms with E-state index in [2.05, 4.69) is 29.4 Å². The molecular weight excluding hydrogens is 416 g/mol. The molecule has 5 nitrogen and oxygen atoms in total. The summed E-state index contributed by atoms with van der Waals surface area (Å²) in [6, 6.07) is 22.1. The molecule has 0 saturated heterocycles. The minimum absolute atomic E-state index is 0.119. The first-order valence-corrected chi connectivity index (χ1v) is 11.3. The number of benzene rings is 2. The van der Waals surface area contributed by atoms with Gasteiger partial charge in [-0.1, -0.05) is 60.2 Å². The molecule has 2 aromatic carbocycles. The summed E-state index contributed by atoms with van der Waals surface area (Å²) < 4.78 is 1.94. The van der Waals surface area contributed by atoms with Crippen LogP contribution in [0.3, 0.4) is 0 Å². The van der Waals surface area contributed by atoms with Gasteiger partial charge in [0.05, 0.1) is 12.1 Å². The Morgan fingerprint density at radius 3 is 2.59 bits per heavy atom. The lowest BCUT2D eigenvalue weighted by Gasteiger charge is -2.07. The molecule has 32 heavy (non-hydrogen) atoms. The summed E-state index contributed by atoms with van der Waals surface area (Å²) in [5.41, 5.74) is 6.62. The fourth-order valence-electron chi connectivity index (χ4n) is 3.76. The fourth-order valence-corrected chi connectivity index (χ4v) is 4.58. The number of nitrogens with one attached hydrogen (secondary N) is 1. The number of carbonyl (C=O) groups is 1. The first-order chi connectivity index (χ1) is 15.6. The average Bonchev–Trinajstić information content (AvgIpc) is 3.40. The van der Waals surface area contributed by atoms with Crippen LogP contribution >= 0.6 is 11.3 Å². The third-order valence-corrected chi connectivity index (χ3v) is 6.25. The van der Waals surface area contributed by atoms with Crippen molar-refractivity contribution < 1.29 is 4.79 Å². The van der Waals surface area contributed by atoms with Crippen molar-refractivity contribution in [3.63, 3.8) is 0 Å².